The van der Waals surface area contributed by atoms with E-state index in [1.807, 2.05) is 43.4 Å². The van der Waals surface area contributed by atoms with Crippen LogP contribution in [0.5, 0.6) is 0 Å². The molecular formula is C23H33N5O2. The van der Waals surface area contributed by atoms with Crippen LogP contribution in [0.3, 0.4) is 0 Å². The summed E-state index contributed by atoms with van der Waals surface area (Å²) in [5, 5.41) is 4.02. The van der Waals surface area contributed by atoms with Crippen molar-refractivity contribution >= 4 is 5.91 Å². The van der Waals surface area contributed by atoms with Crippen LogP contribution in [0, 0.1) is 12.8 Å². The fraction of sp³-hybridized carbons (Fsp3) is 0.609. The van der Waals surface area contributed by atoms with Crippen LogP contribution in [0.2, 0.25) is 0 Å². The first kappa shape index (κ1) is 21.0. The van der Waals surface area contributed by atoms with Crippen molar-refractivity contribution in [2.45, 2.75) is 51.7 Å². The van der Waals surface area contributed by atoms with Crippen molar-refractivity contribution in [3.63, 3.8) is 0 Å². The van der Waals surface area contributed by atoms with Gasteiger partial charge in [-0.3, -0.25) is 19.6 Å². The van der Waals surface area contributed by atoms with E-state index in [9.17, 15) is 4.79 Å². The Labute approximate surface area is 179 Å². The molecule has 7 nitrogen and oxygen atoms in total. The molecule has 0 spiro atoms. The SMILES string of the molecule is Cc1cc(CN(C)C(=O)[C@H]2CCCN(C3CCN(Cc4cccnc4)CC3)C2)no1. The first-order chi connectivity index (χ1) is 14.6. The highest BCUT2D eigenvalue weighted by Crippen LogP contribution is 2.26. The zero-order valence-electron chi connectivity index (χ0n) is 18.2. The maximum atomic E-state index is 13.0. The van der Waals surface area contributed by atoms with E-state index in [2.05, 4.69) is 26.0 Å². The molecule has 4 rings (SSSR count). The number of carbonyl (C=O) groups excluding carboxylic acids is 1. The van der Waals surface area contributed by atoms with Crippen LogP contribution in [-0.2, 0) is 17.9 Å². The van der Waals surface area contributed by atoms with Gasteiger partial charge in [0.15, 0.2) is 0 Å². The van der Waals surface area contributed by atoms with Crippen molar-refractivity contribution in [2.24, 2.45) is 5.92 Å². The Morgan fingerprint density at radius 2 is 2.10 bits per heavy atom. The molecule has 2 aliphatic rings. The van der Waals surface area contributed by atoms with Gasteiger partial charge in [0.1, 0.15) is 11.5 Å². The molecule has 0 unspecified atom stereocenters. The Morgan fingerprint density at radius 3 is 2.80 bits per heavy atom. The number of hydrogen-bond acceptors (Lipinski definition) is 6. The molecule has 0 aliphatic carbocycles. The van der Waals surface area contributed by atoms with Gasteiger partial charge in [0.2, 0.25) is 5.91 Å². The van der Waals surface area contributed by atoms with Gasteiger partial charge in [0.25, 0.3) is 0 Å². The van der Waals surface area contributed by atoms with Gasteiger partial charge in [-0.2, -0.15) is 0 Å². The van der Waals surface area contributed by atoms with E-state index in [-0.39, 0.29) is 11.8 Å². The average molecular weight is 412 g/mol. The van der Waals surface area contributed by atoms with Gasteiger partial charge in [0, 0.05) is 44.6 Å². The maximum absolute atomic E-state index is 13.0. The summed E-state index contributed by atoms with van der Waals surface area (Å²) in [6, 6.07) is 6.65. The molecule has 2 aromatic heterocycles. The molecule has 2 fully saturated rings. The molecule has 2 saturated heterocycles. The second-order valence-corrected chi connectivity index (χ2v) is 8.83. The first-order valence-electron chi connectivity index (χ1n) is 11.1. The van der Waals surface area contributed by atoms with Crippen LogP contribution in [-0.4, -0.2) is 70.0 Å². The van der Waals surface area contributed by atoms with Gasteiger partial charge in [-0.1, -0.05) is 11.2 Å². The number of likely N-dealkylation sites (tertiary alicyclic amines) is 2. The Morgan fingerprint density at radius 1 is 1.27 bits per heavy atom. The highest BCUT2D eigenvalue weighted by molar-refractivity contribution is 5.78. The van der Waals surface area contributed by atoms with Crippen LogP contribution >= 0.6 is 0 Å². The van der Waals surface area contributed by atoms with Crippen LogP contribution in [0.25, 0.3) is 0 Å². The highest BCUT2D eigenvalue weighted by Gasteiger charge is 2.33. The molecule has 1 amide bonds. The number of piperidine rings is 2. The molecule has 0 saturated carbocycles. The van der Waals surface area contributed by atoms with E-state index >= 15 is 0 Å². The normalized spacial score (nSPS) is 21.6. The summed E-state index contributed by atoms with van der Waals surface area (Å²) in [4.78, 5) is 24.1. The van der Waals surface area contributed by atoms with Crippen molar-refractivity contribution in [3.05, 3.63) is 47.6 Å². The Kier molecular flexibility index (Phi) is 6.79. The molecule has 30 heavy (non-hydrogen) atoms. The van der Waals surface area contributed by atoms with Crippen molar-refractivity contribution in [3.8, 4) is 0 Å². The lowest BCUT2D eigenvalue weighted by molar-refractivity contribution is -0.137. The van der Waals surface area contributed by atoms with Gasteiger partial charge in [-0.25, -0.2) is 0 Å². The van der Waals surface area contributed by atoms with Crippen molar-refractivity contribution in [2.75, 3.05) is 33.2 Å². The summed E-state index contributed by atoms with van der Waals surface area (Å²) in [5.41, 5.74) is 2.10. The number of aromatic nitrogens is 2. The largest absolute Gasteiger partial charge is 0.361 e. The summed E-state index contributed by atoms with van der Waals surface area (Å²) in [6.45, 7) is 7.59. The fourth-order valence-corrected chi connectivity index (χ4v) is 4.86. The van der Waals surface area contributed by atoms with E-state index < -0.39 is 0 Å². The summed E-state index contributed by atoms with van der Waals surface area (Å²) in [7, 11) is 1.88. The van der Waals surface area contributed by atoms with Crippen molar-refractivity contribution in [1.82, 2.24) is 24.8 Å². The molecule has 0 radical (unpaired) electrons. The quantitative estimate of drug-likeness (QED) is 0.728. The summed E-state index contributed by atoms with van der Waals surface area (Å²) < 4.78 is 5.13. The van der Waals surface area contributed by atoms with Crippen LogP contribution in [0.4, 0.5) is 0 Å². The lowest BCUT2D eigenvalue weighted by atomic mass is 9.93. The topological polar surface area (TPSA) is 65.7 Å². The first-order valence-corrected chi connectivity index (χ1v) is 11.1. The molecule has 0 bridgehead atoms. The average Bonchev–Trinajstić information content (AvgIpc) is 3.19. The third kappa shape index (κ3) is 5.26. The zero-order chi connectivity index (χ0) is 20.9. The number of carbonyl (C=O) groups is 1. The molecule has 0 N–H and O–H groups in total. The van der Waals surface area contributed by atoms with E-state index in [4.69, 9.17) is 4.52 Å². The third-order valence-electron chi connectivity index (χ3n) is 6.46. The summed E-state index contributed by atoms with van der Waals surface area (Å²) >= 11 is 0. The van der Waals surface area contributed by atoms with Crippen LogP contribution in [0.1, 0.15) is 42.7 Å². The molecule has 7 heteroatoms. The van der Waals surface area contributed by atoms with Crippen LogP contribution in [0.15, 0.2) is 35.1 Å². The van der Waals surface area contributed by atoms with E-state index in [0.29, 0.717) is 12.6 Å². The number of rotatable bonds is 6. The molecule has 1 atom stereocenters. The van der Waals surface area contributed by atoms with E-state index in [1.165, 1.54) is 18.4 Å². The van der Waals surface area contributed by atoms with E-state index in [1.54, 1.807) is 0 Å². The molecule has 162 valence electrons. The fourth-order valence-electron chi connectivity index (χ4n) is 4.86. The number of nitrogens with zero attached hydrogens (tertiary/aromatic N) is 5. The number of aryl methyl sites for hydroxylation is 1. The molecule has 2 aliphatic heterocycles. The number of pyridine rings is 1. The second-order valence-electron chi connectivity index (χ2n) is 8.83. The monoisotopic (exact) mass is 411 g/mol. The second kappa shape index (κ2) is 9.71. The summed E-state index contributed by atoms with van der Waals surface area (Å²) in [5.74, 6) is 1.10. The minimum atomic E-state index is 0.0881. The predicted molar refractivity (Wildman–Crippen MR) is 115 cm³/mol. The Hall–Kier alpha value is -2.25. The summed E-state index contributed by atoms with van der Waals surface area (Å²) in [6.07, 6.45) is 8.23. The number of hydrogen-bond donors (Lipinski definition) is 0. The molecular weight excluding hydrogens is 378 g/mol. The smallest absolute Gasteiger partial charge is 0.227 e. The Bertz CT molecular complexity index is 816. The molecule has 0 aromatic carbocycles. The zero-order valence-corrected chi connectivity index (χ0v) is 18.2. The number of amides is 1. The standard InChI is InChI=1S/C23H33N5O2/c1-18-13-21(25-30-18)17-26(2)23(29)20-6-4-10-28(16-20)22-7-11-27(12-8-22)15-19-5-3-9-24-14-19/h3,5,9,13-14,20,22H,4,6-8,10-12,15-17H2,1-2H3/t20-/m0/s1. The van der Waals surface area contributed by atoms with Crippen molar-refractivity contribution < 1.29 is 9.32 Å². The lowest BCUT2D eigenvalue weighted by Crippen LogP contribution is -2.50. The lowest BCUT2D eigenvalue weighted by Gasteiger charge is -2.42. The minimum absolute atomic E-state index is 0.0881. The predicted octanol–water partition coefficient (Wildman–Crippen LogP) is 2.71. The van der Waals surface area contributed by atoms with Gasteiger partial charge in [-0.05, 0) is 63.9 Å². The minimum Gasteiger partial charge on any atom is -0.361 e. The van der Waals surface area contributed by atoms with Crippen LogP contribution < -0.4 is 0 Å². The van der Waals surface area contributed by atoms with Gasteiger partial charge >= 0.3 is 0 Å². The molecule has 2 aromatic rings. The Balaban J connectivity index is 1.26. The van der Waals surface area contributed by atoms with Gasteiger partial charge in [-0.15, -0.1) is 0 Å². The maximum Gasteiger partial charge on any atom is 0.227 e. The molecule has 4 heterocycles. The van der Waals surface area contributed by atoms with Gasteiger partial charge in [0.05, 0.1) is 12.5 Å². The third-order valence-corrected chi connectivity index (χ3v) is 6.46. The van der Waals surface area contributed by atoms with Gasteiger partial charge < -0.3 is 9.42 Å². The highest BCUT2D eigenvalue weighted by atomic mass is 16.5. The van der Waals surface area contributed by atoms with Crippen molar-refractivity contribution in [1.29, 1.82) is 0 Å². The van der Waals surface area contributed by atoms with E-state index in [0.717, 1.165) is 57.0 Å².